The summed E-state index contributed by atoms with van der Waals surface area (Å²) >= 11 is 3.46. The fourth-order valence-corrected chi connectivity index (χ4v) is 4.99. The van der Waals surface area contributed by atoms with Crippen LogP contribution in [0.5, 0.6) is 0 Å². The van der Waals surface area contributed by atoms with Crippen molar-refractivity contribution in [2.24, 2.45) is 0 Å². The van der Waals surface area contributed by atoms with E-state index in [1.165, 1.54) is 77.0 Å². The van der Waals surface area contributed by atoms with E-state index in [9.17, 15) is 4.57 Å². The maximum Gasteiger partial charge on any atom is 0.474 e. The van der Waals surface area contributed by atoms with Gasteiger partial charge in [0.2, 0.25) is 0 Å². The Morgan fingerprint density at radius 1 is 0.500 bits per heavy atom. The Hall–Kier alpha value is 0.590. The van der Waals surface area contributed by atoms with Crippen LogP contribution >= 0.6 is 23.8 Å². The van der Waals surface area contributed by atoms with Gasteiger partial charge in [-0.15, -0.1) is 0 Å². The number of hydrogen-bond acceptors (Lipinski definition) is 4. The van der Waals surface area contributed by atoms with Crippen LogP contribution in [0.4, 0.5) is 0 Å². The number of phosphoric ester groups is 1. The van der Waals surface area contributed by atoms with Gasteiger partial charge in [0, 0.05) is 5.33 Å². The van der Waals surface area contributed by atoms with Crippen LogP contribution in [-0.2, 0) is 18.1 Å². The third-order valence-corrected chi connectivity index (χ3v) is 7.33. The molecule has 0 bridgehead atoms. The number of alkyl halides is 1. The van der Waals surface area contributed by atoms with Gasteiger partial charge in [-0.05, 0) is 25.7 Å². The molecule has 0 aromatic heterocycles. The highest BCUT2D eigenvalue weighted by Gasteiger charge is 2.26. The van der Waals surface area contributed by atoms with Crippen molar-refractivity contribution in [1.82, 2.24) is 0 Å². The first kappa shape index (κ1) is 30.6. The smallest absolute Gasteiger partial charge is 0.287 e. The van der Waals surface area contributed by atoms with E-state index in [1.807, 2.05) is 0 Å². The third kappa shape index (κ3) is 21.8. The van der Waals surface area contributed by atoms with E-state index in [1.54, 1.807) is 0 Å². The Morgan fingerprint density at radius 2 is 0.800 bits per heavy atom. The van der Waals surface area contributed by atoms with Gasteiger partial charge in [0.1, 0.15) is 0 Å². The van der Waals surface area contributed by atoms with Gasteiger partial charge < -0.3 is 0 Å². The lowest BCUT2D eigenvalue weighted by atomic mass is 10.1. The molecular weight excluding hydrogens is 463 g/mol. The van der Waals surface area contributed by atoms with Gasteiger partial charge in [0.05, 0.1) is 19.8 Å². The first-order chi connectivity index (χ1) is 14.7. The van der Waals surface area contributed by atoms with Crippen molar-refractivity contribution in [1.29, 1.82) is 0 Å². The predicted molar refractivity (Wildman–Crippen MR) is 134 cm³/mol. The first-order valence-electron chi connectivity index (χ1n) is 12.8. The summed E-state index contributed by atoms with van der Waals surface area (Å²) in [6.45, 7) is 5.85. The zero-order valence-corrected chi connectivity index (χ0v) is 22.5. The molecule has 182 valence electrons. The second kappa shape index (κ2) is 24.2. The van der Waals surface area contributed by atoms with E-state index < -0.39 is 7.82 Å². The second-order valence-electron chi connectivity index (χ2n) is 8.29. The van der Waals surface area contributed by atoms with Crippen LogP contribution in [0.15, 0.2) is 0 Å². The van der Waals surface area contributed by atoms with Gasteiger partial charge in [-0.3, -0.25) is 13.6 Å². The minimum Gasteiger partial charge on any atom is -0.287 e. The molecule has 30 heavy (non-hydrogen) atoms. The van der Waals surface area contributed by atoms with E-state index in [2.05, 4.69) is 29.8 Å². The van der Waals surface area contributed by atoms with Crippen LogP contribution in [0.2, 0.25) is 0 Å². The average molecular weight is 514 g/mol. The van der Waals surface area contributed by atoms with Crippen LogP contribution in [0.1, 0.15) is 129 Å². The Balaban J connectivity index is 4.05. The normalized spacial score (nSPS) is 13.6. The monoisotopic (exact) mass is 512 g/mol. The summed E-state index contributed by atoms with van der Waals surface area (Å²) in [7, 11) is -3.42. The largest absolute Gasteiger partial charge is 0.474 e. The summed E-state index contributed by atoms with van der Waals surface area (Å²) in [4.78, 5) is 0. The zero-order valence-electron chi connectivity index (χ0n) is 20.0. The number of hydrogen-bond donors (Lipinski definition) is 0. The van der Waals surface area contributed by atoms with Gasteiger partial charge in [-0.2, -0.15) is 0 Å². The van der Waals surface area contributed by atoms with Crippen molar-refractivity contribution in [2.75, 3.05) is 25.2 Å². The summed E-state index contributed by atoms with van der Waals surface area (Å²) in [6.07, 6.45) is 21.2. The number of halogens is 1. The fraction of sp³-hybridized carbons (Fsp3) is 1.00. The number of rotatable bonds is 25. The molecule has 0 N–H and O–H groups in total. The Bertz CT molecular complexity index is 360. The maximum absolute atomic E-state index is 13.0. The van der Waals surface area contributed by atoms with Crippen molar-refractivity contribution in [2.45, 2.75) is 129 Å². The highest BCUT2D eigenvalue weighted by molar-refractivity contribution is 9.09. The molecule has 0 aliphatic rings. The van der Waals surface area contributed by atoms with Crippen molar-refractivity contribution in [3.05, 3.63) is 0 Å². The van der Waals surface area contributed by atoms with Crippen LogP contribution < -0.4 is 0 Å². The van der Waals surface area contributed by atoms with Gasteiger partial charge in [-0.25, -0.2) is 4.57 Å². The van der Waals surface area contributed by atoms with E-state index >= 15 is 0 Å². The first-order valence-corrected chi connectivity index (χ1v) is 15.4. The molecule has 6 heteroatoms. The van der Waals surface area contributed by atoms with Crippen LogP contribution in [0.25, 0.3) is 0 Å². The van der Waals surface area contributed by atoms with Gasteiger partial charge >= 0.3 is 7.82 Å². The molecule has 1 atom stereocenters. The standard InChI is InChI=1S/C24H50BrO4P/c1-3-5-7-9-11-15-19-23-28-30(26,27-22-18-14-10-8-6-4-2)29-24-20-16-12-13-17-21-25/h3-24H2,1-2H3. The summed E-state index contributed by atoms with van der Waals surface area (Å²) in [5, 5.41) is 1.07. The fourth-order valence-electron chi connectivity index (χ4n) is 3.31. The number of unbranched alkanes of at least 4 members (excludes halogenated alkanes) is 15. The maximum atomic E-state index is 13.0. The molecule has 0 aliphatic heterocycles. The molecule has 0 aromatic rings. The zero-order chi connectivity index (χ0) is 22.2. The Kier molecular flexibility index (Phi) is 24.7. The summed E-state index contributed by atoms with van der Waals surface area (Å²) in [6, 6.07) is 0. The van der Waals surface area contributed by atoms with Crippen molar-refractivity contribution >= 4 is 23.8 Å². The SMILES string of the molecule is CCCCCCCCCOP(=O)(OCCCCCCCC)OCCCCCCCBr. The van der Waals surface area contributed by atoms with Crippen molar-refractivity contribution in [3.63, 3.8) is 0 Å². The van der Waals surface area contributed by atoms with E-state index in [-0.39, 0.29) is 0 Å². The summed E-state index contributed by atoms with van der Waals surface area (Å²) in [5.41, 5.74) is 0. The lowest BCUT2D eigenvalue weighted by Gasteiger charge is -2.18. The van der Waals surface area contributed by atoms with Crippen LogP contribution in [0.3, 0.4) is 0 Å². The molecule has 0 heterocycles. The molecule has 0 aromatic carbocycles. The molecule has 0 radical (unpaired) electrons. The van der Waals surface area contributed by atoms with Crippen molar-refractivity contribution < 1.29 is 18.1 Å². The second-order valence-corrected chi connectivity index (χ2v) is 10.8. The molecule has 0 spiro atoms. The van der Waals surface area contributed by atoms with E-state index in [4.69, 9.17) is 13.6 Å². The molecule has 0 amide bonds. The Labute approximate surface area is 196 Å². The minimum absolute atomic E-state index is 0.457. The highest BCUT2D eigenvalue weighted by Crippen LogP contribution is 2.50. The van der Waals surface area contributed by atoms with Crippen LogP contribution in [-0.4, -0.2) is 25.2 Å². The lowest BCUT2D eigenvalue weighted by molar-refractivity contribution is 0.108. The molecule has 0 aliphatic carbocycles. The molecule has 0 rings (SSSR count). The third-order valence-electron chi connectivity index (χ3n) is 5.27. The Morgan fingerprint density at radius 3 is 1.13 bits per heavy atom. The molecule has 0 fully saturated rings. The minimum atomic E-state index is -3.42. The molecular formula is C24H50BrO4P. The highest BCUT2D eigenvalue weighted by atomic mass is 79.9. The summed E-state index contributed by atoms with van der Waals surface area (Å²) < 4.78 is 29.9. The molecule has 0 saturated carbocycles. The van der Waals surface area contributed by atoms with E-state index in [0.717, 1.165) is 43.9 Å². The van der Waals surface area contributed by atoms with Gasteiger partial charge in [0.15, 0.2) is 0 Å². The topological polar surface area (TPSA) is 44.8 Å². The average Bonchev–Trinajstić information content (AvgIpc) is 2.74. The summed E-state index contributed by atoms with van der Waals surface area (Å²) in [5.74, 6) is 0. The lowest BCUT2D eigenvalue weighted by Crippen LogP contribution is -2.04. The predicted octanol–water partition coefficient (Wildman–Crippen LogP) is 9.60. The molecule has 4 nitrogen and oxygen atoms in total. The quantitative estimate of drug-likeness (QED) is 0.0693. The van der Waals surface area contributed by atoms with E-state index in [0.29, 0.717) is 19.8 Å². The van der Waals surface area contributed by atoms with Gasteiger partial charge in [-0.1, -0.05) is 120 Å². The molecule has 1 unspecified atom stereocenters. The van der Waals surface area contributed by atoms with Crippen molar-refractivity contribution in [3.8, 4) is 0 Å². The van der Waals surface area contributed by atoms with Gasteiger partial charge in [0.25, 0.3) is 0 Å². The van der Waals surface area contributed by atoms with Crippen LogP contribution in [0, 0.1) is 0 Å². The molecule has 0 saturated heterocycles. The number of phosphoric acid groups is 1.